The highest BCUT2D eigenvalue weighted by Crippen LogP contribution is 2.46. The third-order valence-corrected chi connectivity index (χ3v) is 7.77. The monoisotopic (exact) mass is 366 g/mol. The van der Waals surface area contributed by atoms with Crippen molar-refractivity contribution in [3.8, 4) is 0 Å². The standard InChI is InChI=1S/C23H42O3/c1-17-22(26-17)16-25-21-14-6-10-19(11-7-15-21)23(2,3)18-8-4-12-20(24)13-5-9-18/h17-22,24H,4-16H2,1-3H3. The van der Waals surface area contributed by atoms with Crippen LogP contribution in [0.5, 0.6) is 0 Å². The average molecular weight is 367 g/mol. The first-order valence-corrected chi connectivity index (χ1v) is 11.4. The minimum atomic E-state index is -0.0404. The van der Waals surface area contributed by atoms with Gasteiger partial charge in [0, 0.05) is 0 Å². The van der Waals surface area contributed by atoms with Crippen molar-refractivity contribution in [2.45, 2.75) is 122 Å². The van der Waals surface area contributed by atoms with Crippen LogP contribution in [0.4, 0.5) is 0 Å². The van der Waals surface area contributed by atoms with Gasteiger partial charge in [-0.2, -0.15) is 0 Å². The van der Waals surface area contributed by atoms with Crippen LogP contribution in [0.2, 0.25) is 0 Å². The molecule has 2 saturated carbocycles. The lowest BCUT2D eigenvalue weighted by Crippen LogP contribution is -2.35. The van der Waals surface area contributed by atoms with E-state index in [0.29, 0.717) is 23.7 Å². The lowest BCUT2D eigenvalue weighted by Gasteiger charge is -2.43. The predicted molar refractivity (Wildman–Crippen MR) is 106 cm³/mol. The van der Waals surface area contributed by atoms with Crippen LogP contribution in [-0.4, -0.2) is 36.1 Å². The number of ether oxygens (including phenoxy) is 2. The summed E-state index contributed by atoms with van der Waals surface area (Å²) in [7, 11) is 0. The summed E-state index contributed by atoms with van der Waals surface area (Å²) in [4.78, 5) is 0. The van der Waals surface area contributed by atoms with Crippen LogP contribution in [-0.2, 0) is 9.47 Å². The number of epoxide rings is 1. The molecule has 0 aromatic carbocycles. The Kier molecular flexibility index (Phi) is 7.44. The van der Waals surface area contributed by atoms with Gasteiger partial charge in [-0.3, -0.25) is 0 Å². The lowest BCUT2D eigenvalue weighted by molar-refractivity contribution is 0.00926. The van der Waals surface area contributed by atoms with E-state index in [2.05, 4.69) is 20.8 Å². The van der Waals surface area contributed by atoms with Crippen molar-refractivity contribution in [2.75, 3.05) is 6.61 Å². The van der Waals surface area contributed by atoms with Crippen molar-refractivity contribution in [3.05, 3.63) is 0 Å². The van der Waals surface area contributed by atoms with Crippen LogP contribution >= 0.6 is 0 Å². The third kappa shape index (κ3) is 5.69. The van der Waals surface area contributed by atoms with Crippen molar-refractivity contribution in [1.82, 2.24) is 0 Å². The maximum absolute atomic E-state index is 9.92. The summed E-state index contributed by atoms with van der Waals surface area (Å²) in [6.45, 7) is 8.02. The summed E-state index contributed by atoms with van der Waals surface area (Å²) in [5.74, 6) is 1.68. The summed E-state index contributed by atoms with van der Waals surface area (Å²) >= 11 is 0. The SMILES string of the molecule is CC1OC1COC1CCCC(C(C)(C)C2CCCC(O)CCC2)CCC1. The highest BCUT2D eigenvalue weighted by atomic mass is 16.6. The molecule has 1 aliphatic heterocycles. The van der Waals surface area contributed by atoms with Gasteiger partial charge >= 0.3 is 0 Å². The molecule has 3 nitrogen and oxygen atoms in total. The van der Waals surface area contributed by atoms with E-state index in [1.54, 1.807) is 0 Å². The van der Waals surface area contributed by atoms with E-state index in [4.69, 9.17) is 9.47 Å². The van der Waals surface area contributed by atoms with Gasteiger partial charge in [0.15, 0.2) is 0 Å². The second-order valence-electron chi connectivity index (χ2n) is 9.93. The maximum atomic E-state index is 9.92. The number of rotatable bonds is 5. The van der Waals surface area contributed by atoms with E-state index in [1.165, 1.54) is 64.2 Å². The van der Waals surface area contributed by atoms with E-state index < -0.39 is 0 Å². The maximum Gasteiger partial charge on any atom is 0.107 e. The zero-order valence-electron chi connectivity index (χ0n) is 17.4. The highest BCUT2D eigenvalue weighted by Gasteiger charge is 2.38. The molecule has 2 unspecified atom stereocenters. The van der Waals surface area contributed by atoms with Crippen LogP contribution in [0.25, 0.3) is 0 Å². The summed E-state index contributed by atoms with van der Waals surface area (Å²) in [6, 6.07) is 0. The Morgan fingerprint density at radius 3 is 1.77 bits per heavy atom. The molecule has 1 saturated heterocycles. The van der Waals surface area contributed by atoms with Gasteiger partial charge in [-0.25, -0.2) is 0 Å². The predicted octanol–water partition coefficient (Wildman–Crippen LogP) is 5.49. The summed E-state index contributed by atoms with van der Waals surface area (Å²) in [6.07, 6.45) is 16.1. The molecular weight excluding hydrogens is 324 g/mol. The van der Waals surface area contributed by atoms with Gasteiger partial charge in [-0.15, -0.1) is 0 Å². The van der Waals surface area contributed by atoms with E-state index >= 15 is 0 Å². The molecule has 26 heavy (non-hydrogen) atoms. The molecule has 3 rings (SSSR count). The third-order valence-electron chi connectivity index (χ3n) is 7.77. The largest absolute Gasteiger partial charge is 0.393 e. The summed E-state index contributed by atoms with van der Waals surface area (Å²) in [5, 5.41) is 9.92. The molecule has 0 aromatic rings. The van der Waals surface area contributed by atoms with Crippen molar-refractivity contribution in [1.29, 1.82) is 0 Å². The van der Waals surface area contributed by atoms with E-state index in [1.807, 2.05) is 0 Å². The zero-order chi connectivity index (χ0) is 18.6. The molecule has 152 valence electrons. The van der Waals surface area contributed by atoms with E-state index in [0.717, 1.165) is 31.3 Å². The highest BCUT2D eigenvalue weighted by molar-refractivity contribution is 4.88. The molecule has 3 aliphatic rings. The van der Waals surface area contributed by atoms with Crippen LogP contribution < -0.4 is 0 Å². The zero-order valence-corrected chi connectivity index (χ0v) is 17.4. The molecule has 0 bridgehead atoms. The van der Waals surface area contributed by atoms with Gasteiger partial charge in [0.05, 0.1) is 24.9 Å². The van der Waals surface area contributed by atoms with Gasteiger partial charge in [0.2, 0.25) is 0 Å². The van der Waals surface area contributed by atoms with Crippen molar-refractivity contribution >= 4 is 0 Å². The van der Waals surface area contributed by atoms with Crippen molar-refractivity contribution in [3.63, 3.8) is 0 Å². The van der Waals surface area contributed by atoms with Crippen LogP contribution in [0.1, 0.15) is 97.8 Å². The Morgan fingerprint density at radius 2 is 1.31 bits per heavy atom. The van der Waals surface area contributed by atoms with Gasteiger partial charge in [-0.1, -0.05) is 39.5 Å². The molecule has 0 amide bonds. The quantitative estimate of drug-likeness (QED) is 0.654. The van der Waals surface area contributed by atoms with E-state index in [-0.39, 0.29) is 6.10 Å². The van der Waals surface area contributed by atoms with Gasteiger partial charge in [0.25, 0.3) is 0 Å². The first-order chi connectivity index (χ1) is 12.5. The minimum Gasteiger partial charge on any atom is -0.393 e. The fourth-order valence-corrected chi connectivity index (χ4v) is 5.59. The van der Waals surface area contributed by atoms with Crippen molar-refractivity contribution in [2.24, 2.45) is 17.3 Å². The molecule has 2 aliphatic carbocycles. The van der Waals surface area contributed by atoms with Gasteiger partial charge < -0.3 is 14.6 Å². The Morgan fingerprint density at radius 1 is 0.846 bits per heavy atom. The van der Waals surface area contributed by atoms with Crippen LogP contribution in [0, 0.1) is 17.3 Å². The van der Waals surface area contributed by atoms with Crippen molar-refractivity contribution < 1.29 is 14.6 Å². The molecule has 0 aromatic heterocycles. The molecule has 3 fully saturated rings. The lowest BCUT2D eigenvalue weighted by atomic mass is 9.62. The van der Waals surface area contributed by atoms with Crippen LogP contribution in [0.15, 0.2) is 0 Å². The second kappa shape index (κ2) is 9.39. The number of aliphatic hydroxyl groups excluding tert-OH is 1. The fraction of sp³-hybridized carbons (Fsp3) is 1.00. The molecule has 0 spiro atoms. The topological polar surface area (TPSA) is 42.0 Å². The average Bonchev–Trinajstić information content (AvgIpc) is 3.25. The molecule has 0 radical (unpaired) electrons. The first-order valence-electron chi connectivity index (χ1n) is 11.4. The molecule has 1 N–H and O–H groups in total. The molecule has 3 heteroatoms. The molecular formula is C23H42O3. The molecule has 2 atom stereocenters. The normalized spacial score (nSPS) is 40.2. The second-order valence-corrected chi connectivity index (χ2v) is 9.93. The van der Waals surface area contributed by atoms with Crippen LogP contribution in [0.3, 0.4) is 0 Å². The van der Waals surface area contributed by atoms with Gasteiger partial charge in [0.1, 0.15) is 6.10 Å². The summed E-state index contributed by atoms with van der Waals surface area (Å²) < 4.78 is 11.6. The first kappa shape index (κ1) is 20.6. The Hall–Kier alpha value is -0.120. The minimum absolute atomic E-state index is 0.0404. The Balaban J connectivity index is 1.46. The number of hydrogen-bond acceptors (Lipinski definition) is 3. The smallest absolute Gasteiger partial charge is 0.107 e. The number of aliphatic hydroxyl groups is 1. The fourth-order valence-electron chi connectivity index (χ4n) is 5.59. The molecule has 1 heterocycles. The number of hydrogen-bond donors (Lipinski definition) is 1. The Labute approximate surface area is 161 Å². The van der Waals surface area contributed by atoms with E-state index in [9.17, 15) is 5.11 Å². The summed E-state index contributed by atoms with van der Waals surface area (Å²) in [5.41, 5.74) is 0.438. The Bertz CT molecular complexity index is 402. The van der Waals surface area contributed by atoms with Gasteiger partial charge in [-0.05, 0) is 75.5 Å².